The topological polar surface area (TPSA) is 54.1 Å². The number of ether oxygens (including phenoxy) is 1. The lowest BCUT2D eigenvalue weighted by atomic mass is 10.1. The predicted octanol–water partition coefficient (Wildman–Crippen LogP) is 4.34. The number of carbonyl (C=O) groups is 1. The lowest BCUT2D eigenvalue weighted by Gasteiger charge is -2.09. The minimum Gasteiger partial charge on any atom is -0.484 e. The molecule has 0 saturated carbocycles. The SMILES string of the molecule is O=C(COc1ccc2ccccc2c1)Nc1cccc2[nH]ccc12. The molecule has 0 fully saturated rings. The van der Waals surface area contributed by atoms with Gasteiger partial charge < -0.3 is 15.0 Å². The third-order valence-electron chi connectivity index (χ3n) is 3.96. The van der Waals surface area contributed by atoms with Crippen LogP contribution in [0.25, 0.3) is 21.7 Å². The molecule has 1 amide bonds. The van der Waals surface area contributed by atoms with E-state index in [1.54, 1.807) is 0 Å². The van der Waals surface area contributed by atoms with Crippen molar-refractivity contribution in [2.24, 2.45) is 0 Å². The molecule has 0 unspecified atom stereocenters. The summed E-state index contributed by atoms with van der Waals surface area (Å²) >= 11 is 0. The van der Waals surface area contributed by atoms with Gasteiger partial charge >= 0.3 is 0 Å². The number of nitrogens with one attached hydrogen (secondary N) is 2. The Kier molecular flexibility index (Phi) is 3.63. The smallest absolute Gasteiger partial charge is 0.262 e. The number of hydrogen-bond acceptors (Lipinski definition) is 2. The summed E-state index contributed by atoms with van der Waals surface area (Å²) in [5.74, 6) is 0.501. The summed E-state index contributed by atoms with van der Waals surface area (Å²) in [6, 6.07) is 21.5. The van der Waals surface area contributed by atoms with Crippen LogP contribution in [0.3, 0.4) is 0 Å². The first-order valence-electron chi connectivity index (χ1n) is 7.77. The van der Waals surface area contributed by atoms with Gasteiger partial charge in [-0.15, -0.1) is 0 Å². The van der Waals surface area contributed by atoms with Crippen LogP contribution in [0.1, 0.15) is 0 Å². The van der Waals surface area contributed by atoms with Crippen molar-refractivity contribution in [2.45, 2.75) is 0 Å². The van der Waals surface area contributed by atoms with Gasteiger partial charge in [0.25, 0.3) is 5.91 Å². The molecule has 0 radical (unpaired) electrons. The number of carbonyl (C=O) groups excluding carboxylic acids is 1. The van der Waals surface area contributed by atoms with Gasteiger partial charge in [-0.25, -0.2) is 0 Å². The largest absolute Gasteiger partial charge is 0.484 e. The molecule has 4 heteroatoms. The lowest BCUT2D eigenvalue weighted by Crippen LogP contribution is -2.20. The highest BCUT2D eigenvalue weighted by Gasteiger charge is 2.07. The van der Waals surface area contributed by atoms with Gasteiger partial charge in [-0.3, -0.25) is 4.79 Å². The van der Waals surface area contributed by atoms with Crippen LogP contribution in [-0.2, 0) is 4.79 Å². The Labute approximate surface area is 139 Å². The maximum absolute atomic E-state index is 12.2. The molecule has 0 aliphatic carbocycles. The number of fused-ring (bicyclic) bond motifs is 2. The maximum Gasteiger partial charge on any atom is 0.262 e. The van der Waals surface area contributed by atoms with E-state index in [9.17, 15) is 4.79 Å². The summed E-state index contributed by atoms with van der Waals surface area (Å²) in [7, 11) is 0. The fraction of sp³-hybridized carbons (Fsp3) is 0.0500. The number of aromatic nitrogens is 1. The van der Waals surface area contributed by atoms with Gasteiger partial charge in [-0.1, -0.05) is 36.4 Å². The first kappa shape index (κ1) is 14.3. The minimum atomic E-state index is -0.183. The van der Waals surface area contributed by atoms with E-state index in [4.69, 9.17) is 4.74 Å². The molecule has 3 aromatic carbocycles. The van der Waals surface area contributed by atoms with Crippen molar-refractivity contribution in [3.05, 3.63) is 72.9 Å². The van der Waals surface area contributed by atoms with E-state index in [0.29, 0.717) is 5.75 Å². The molecule has 24 heavy (non-hydrogen) atoms. The average molecular weight is 316 g/mol. The van der Waals surface area contributed by atoms with Crippen LogP contribution < -0.4 is 10.1 Å². The molecule has 118 valence electrons. The average Bonchev–Trinajstić information content (AvgIpc) is 3.10. The van der Waals surface area contributed by atoms with Crippen molar-refractivity contribution in [3.8, 4) is 5.75 Å². The number of aromatic amines is 1. The van der Waals surface area contributed by atoms with Gasteiger partial charge in [0.15, 0.2) is 6.61 Å². The highest BCUT2D eigenvalue weighted by Crippen LogP contribution is 2.23. The van der Waals surface area contributed by atoms with E-state index in [1.165, 1.54) is 0 Å². The number of anilines is 1. The normalized spacial score (nSPS) is 10.8. The fourth-order valence-electron chi connectivity index (χ4n) is 2.79. The van der Waals surface area contributed by atoms with Crippen LogP contribution in [0, 0.1) is 0 Å². The zero-order valence-electron chi connectivity index (χ0n) is 13.0. The number of benzene rings is 3. The van der Waals surface area contributed by atoms with E-state index in [-0.39, 0.29) is 12.5 Å². The van der Waals surface area contributed by atoms with Crippen molar-refractivity contribution in [1.29, 1.82) is 0 Å². The highest BCUT2D eigenvalue weighted by atomic mass is 16.5. The molecule has 0 bridgehead atoms. The van der Waals surface area contributed by atoms with Crippen molar-refractivity contribution in [2.75, 3.05) is 11.9 Å². The van der Waals surface area contributed by atoms with Gasteiger partial charge in [0.2, 0.25) is 0 Å². The number of rotatable bonds is 4. The van der Waals surface area contributed by atoms with Crippen LogP contribution in [-0.4, -0.2) is 17.5 Å². The van der Waals surface area contributed by atoms with E-state index in [0.717, 1.165) is 27.4 Å². The first-order chi connectivity index (χ1) is 11.8. The van der Waals surface area contributed by atoms with E-state index < -0.39 is 0 Å². The van der Waals surface area contributed by atoms with Crippen LogP contribution >= 0.6 is 0 Å². The molecule has 1 aromatic heterocycles. The van der Waals surface area contributed by atoms with Crippen LogP contribution in [0.4, 0.5) is 5.69 Å². The predicted molar refractivity (Wildman–Crippen MR) is 96.4 cm³/mol. The van der Waals surface area contributed by atoms with Gasteiger partial charge in [0.05, 0.1) is 5.69 Å². The Hall–Kier alpha value is -3.27. The number of amides is 1. The second-order valence-corrected chi connectivity index (χ2v) is 5.59. The first-order valence-corrected chi connectivity index (χ1v) is 7.77. The fourth-order valence-corrected chi connectivity index (χ4v) is 2.79. The third kappa shape index (κ3) is 2.82. The summed E-state index contributed by atoms with van der Waals surface area (Å²) in [5.41, 5.74) is 1.77. The molecular formula is C20H16N2O2. The van der Waals surface area contributed by atoms with Crippen molar-refractivity contribution in [3.63, 3.8) is 0 Å². The molecule has 0 aliphatic heterocycles. The Morgan fingerprint density at radius 2 is 1.83 bits per heavy atom. The maximum atomic E-state index is 12.2. The molecule has 0 atom stereocenters. The summed E-state index contributed by atoms with van der Waals surface area (Å²) in [5, 5.41) is 6.11. The van der Waals surface area contributed by atoms with Crippen LogP contribution in [0.2, 0.25) is 0 Å². The zero-order chi connectivity index (χ0) is 16.4. The second kappa shape index (κ2) is 6.08. The zero-order valence-corrected chi connectivity index (χ0v) is 13.0. The van der Waals surface area contributed by atoms with E-state index >= 15 is 0 Å². The summed E-state index contributed by atoms with van der Waals surface area (Å²) in [6.07, 6.45) is 1.85. The van der Waals surface area contributed by atoms with Gasteiger partial charge in [-0.05, 0) is 41.1 Å². The standard InChI is InChI=1S/C20H16N2O2/c23-20(22-19-7-3-6-18-17(19)10-11-21-18)13-24-16-9-8-14-4-1-2-5-15(14)12-16/h1-12,21H,13H2,(H,22,23). The van der Waals surface area contributed by atoms with Crippen LogP contribution in [0.5, 0.6) is 5.75 Å². The number of H-pyrrole nitrogens is 1. The van der Waals surface area contributed by atoms with Crippen molar-refractivity contribution >= 4 is 33.3 Å². The Balaban J connectivity index is 1.45. The summed E-state index contributed by atoms with van der Waals surface area (Å²) in [4.78, 5) is 15.3. The van der Waals surface area contributed by atoms with Crippen molar-refractivity contribution in [1.82, 2.24) is 4.98 Å². The molecular weight excluding hydrogens is 300 g/mol. The van der Waals surface area contributed by atoms with E-state index in [2.05, 4.69) is 10.3 Å². The molecule has 4 aromatic rings. The Bertz CT molecular complexity index is 1020. The van der Waals surface area contributed by atoms with Gasteiger partial charge in [0, 0.05) is 17.1 Å². The molecule has 0 aliphatic rings. The van der Waals surface area contributed by atoms with Gasteiger partial charge in [0.1, 0.15) is 5.75 Å². The molecule has 1 heterocycles. The molecule has 2 N–H and O–H groups in total. The third-order valence-corrected chi connectivity index (χ3v) is 3.96. The molecule has 4 nitrogen and oxygen atoms in total. The van der Waals surface area contributed by atoms with Gasteiger partial charge in [-0.2, -0.15) is 0 Å². The number of hydrogen-bond donors (Lipinski definition) is 2. The summed E-state index contributed by atoms with van der Waals surface area (Å²) in [6.45, 7) is -0.0286. The Morgan fingerprint density at radius 3 is 2.75 bits per heavy atom. The molecule has 0 spiro atoms. The second-order valence-electron chi connectivity index (χ2n) is 5.59. The summed E-state index contributed by atoms with van der Waals surface area (Å²) < 4.78 is 5.62. The lowest BCUT2D eigenvalue weighted by molar-refractivity contribution is -0.118. The van der Waals surface area contributed by atoms with Crippen molar-refractivity contribution < 1.29 is 9.53 Å². The Morgan fingerprint density at radius 1 is 0.958 bits per heavy atom. The quantitative estimate of drug-likeness (QED) is 0.588. The van der Waals surface area contributed by atoms with Crippen LogP contribution in [0.15, 0.2) is 72.9 Å². The molecule has 0 saturated heterocycles. The highest BCUT2D eigenvalue weighted by molar-refractivity contribution is 6.01. The molecule has 4 rings (SSSR count). The monoisotopic (exact) mass is 316 g/mol. The minimum absolute atomic E-state index is 0.0286. The van der Waals surface area contributed by atoms with E-state index in [1.807, 2.05) is 72.9 Å².